The van der Waals surface area contributed by atoms with Gasteiger partial charge in [-0.05, 0) is 12.0 Å². The highest BCUT2D eigenvalue weighted by atomic mass is 16.2. The fourth-order valence-corrected chi connectivity index (χ4v) is 2.22. The molecule has 1 aliphatic rings. The molecule has 1 aliphatic heterocycles. The molecule has 1 aromatic rings. The van der Waals surface area contributed by atoms with E-state index in [2.05, 4.69) is 37.4 Å². The van der Waals surface area contributed by atoms with E-state index in [0.717, 1.165) is 29.9 Å². The first-order valence-electron chi connectivity index (χ1n) is 6.20. The van der Waals surface area contributed by atoms with Gasteiger partial charge in [0.25, 0.3) is 0 Å². The first-order valence-corrected chi connectivity index (χ1v) is 6.20. The number of rotatable bonds is 2. The number of quaternary nitrogens is 1. The van der Waals surface area contributed by atoms with E-state index in [1.54, 1.807) is 6.92 Å². The molecule has 0 unspecified atom stereocenters. The molecule has 0 saturated heterocycles. The number of nitrogens with zero attached hydrogens (tertiary/aromatic N) is 3. The molecule has 5 heteroatoms. The highest BCUT2D eigenvalue weighted by Crippen LogP contribution is 2.29. The molecule has 0 spiro atoms. The third kappa shape index (κ3) is 2.46. The molecule has 0 atom stereocenters. The second-order valence-electron chi connectivity index (χ2n) is 5.60. The smallest absolute Gasteiger partial charge is 0.219 e. The van der Waals surface area contributed by atoms with Crippen molar-refractivity contribution in [3.63, 3.8) is 0 Å². The van der Waals surface area contributed by atoms with Crippen molar-refractivity contribution in [1.82, 2.24) is 19.6 Å². The van der Waals surface area contributed by atoms with Crippen molar-refractivity contribution in [2.75, 3.05) is 34.2 Å². The van der Waals surface area contributed by atoms with Crippen LogP contribution in [-0.2, 0) is 4.79 Å². The van der Waals surface area contributed by atoms with Crippen LogP contribution in [0.25, 0.3) is 5.57 Å². The minimum Gasteiger partial charge on any atom is -0.338 e. The van der Waals surface area contributed by atoms with Crippen LogP contribution < -0.4 is 4.48 Å². The third-order valence-corrected chi connectivity index (χ3v) is 3.26. The number of hydrogen-bond donors (Lipinski definition) is 1. The summed E-state index contributed by atoms with van der Waals surface area (Å²) in [6, 6.07) is 0. The molecule has 2 rings (SSSR count). The first-order chi connectivity index (χ1) is 8.39. The second kappa shape index (κ2) is 4.57. The zero-order valence-corrected chi connectivity index (χ0v) is 11.5. The minimum atomic E-state index is 0.131. The fourth-order valence-electron chi connectivity index (χ4n) is 2.22. The van der Waals surface area contributed by atoms with Gasteiger partial charge in [0.1, 0.15) is 11.9 Å². The van der Waals surface area contributed by atoms with Gasteiger partial charge >= 0.3 is 0 Å². The van der Waals surface area contributed by atoms with Gasteiger partial charge in [-0.25, -0.2) is 0 Å². The summed E-state index contributed by atoms with van der Waals surface area (Å²) in [6.07, 6.45) is 4.97. The van der Waals surface area contributed by atoms with Crippen LogP contribution in [0, 0.1) is 0 Å². The maximum Gasteiger partial charge on any atom is 0.219 e. The summed E-state index contributed by atoms with van der Waals surface area (Å²) in [5.41, 5.74) is 3.36. The topological polar surface area (TPSA) is 49.0 Å². The molecule has 0 fully saturated rings. The average Bonchev–Trinajstić information content (AvgIpc) is 2.77. The van der Waals surface area contributed by atoms with Crippen molar-refractivity contribution in [2.45, 2.75) is 13.3 Å². The van der Waals surface area contributed by atoms with Crippen LogP contribution in [0.2, 0.25) is 0 Å². The largest absolute Gasteiger partial charge is 0.338 e. The molecule has 0 aromatic carbocycles. The number of carbonyl (C=O) groups is 1. The highest BCUT2D eigenvalue weighted by Gasteiger charge is 2.25. The predicted molar refractivity (Wildman–Crippen MR) is 73.0 cm³/mol. The molecule has 2 heterocycles. The third-order valence-electron chi connectivity index (χ3n) is 3.26. The molecule has 1 amide bonds. The van der Waals surface area contributed by atoms with Crippen molar-refractivity contribution < 1.29 is 4.79 Å². The Morgan fingerprint density at radius 2 is 2.17 bits per heavy atom. The Morgan fingerprint density at radius 3 is 2.78 bits per heavy atom. The van der Waals surface area contributed by atoms with Gasteiger partial charge in [0.05, 0.1) is 21.1 Å². The lowest BCUT2D eigenvalue weighted by molar-refractivity contribution is -0.128. The number of amides is 1. The van der Waals surface area contributed by atoms with Crippen LogP contribution in [0.15, 0.2) is 12.3 Å². The average molecular weight is 249 g/mol. The summed E-state index contributed by atoms with van der Waals surface area (Å²) >= 11 is 0. The summed E-state index contributed by atoms with van der Waals surface area (Å²) in [5, 5.41) is 7.22. The van der Waals surface area contributed by atoms with E-state index < -0.39 is 0 Å². The van der Waals surface area contributed by atoms with E-state index >= 15 is 0 Å². The zero-order chi connectivity index (χ0) is 13.3. The molecule has 18 heavy (non-hydrogen) atoms. The van der Waals surface area contributed by atoms with Crippen molar-refractivity contribution in [2.24, 2.45) is 0 Å². The molecule has 5 nitrogen and oxygen atoms in total. The molecule has 98 valence electrons. The Labute approximate surface area is 108 Å². The van der Waals surface area contributed by atoms with Gasteiger partial charge in [0.15, 0.2) is 5.69 Å². The van der Waals surface area contributed by atoms with Crippen LogP contribution in [0.4, 0.5) is 5.69 Å². The Morgan fingerprint density at radius 1 is 1.44 bits per heavy atom. The number of carbonyl (C=O) groups excluding carboxylic acids is 1. The first kappa shape index (κ1) is 12.8. The molecule has 1 N–H and O–H groups in total. The van der Waals surface area contributed by atoms with Crippen molar-refractivity contribution in [3.05, 3.63) is 18.0 Å². The lowest BCUT2D eigenvalue weighted by Gasteiger charge is -2.28. The lowest BCUT2D eigenvalue weighted by Crippen LogP contribution is -2.37. The molecule has 0 radical (unpaired) electrons. The second-order valence-corrected chi connectivity index (χ2v) is 5.60. The summed E-state index contributed by atoms with van der Waals surface area (Å²) in [6.45, 7) is 3.10. The van der Waals surface area contributed by atoms with Gasteiger partial charge in [-0.15, -0.1) is 0 Å². The van der Waals surface area contributed by atoms with Crippen LogP contribution >= 0.6 is 0 Å². The summed E-state index contributed by atoms with van der Waals surface area (Å²) < 4.78 is 0.712. The van der Waals surface area contributed by atoms with Crippen molar-refractivity contribution >= 4 is 17.2 Å². The van der Waals surface area contributed by atoms with E-state index in [1.807, 2.05) is 11.1 Å². The summed E-state index contributed by atoms with van der Waals surface area (Å²) in [7, 11) is 6.33. The summed E-state index contributed by atoms with van der Waals surface area (Å²) in [5.74, 6) is 0.131. The lowest BCUT2D eigenvalue weighted by atomic mass is 10.0. The van der Waals surface area contributed by atoms with Crippen molar-refractivity contribution in [3.8, 4) is 0 Å². The van der Waals surface area contributed by atoms with E-state index in [1.165, 1.54) is 0 Å². The molecule has 0 aliphatic carbocycles. The maximum absolute atomic E-state index is 11.5. The number of aromatic amines is 1. The Kier molecular flexibility index (Phi) is 3.26. The number of hydrogen-bond acceptors (Lipinski definition) is 2. The predicted octanol–water partition coefficient (Wildman–Crippen LogP) is 1.24. The number of aromatic nitrogens is 2. The SMILES string of the molecule is CC(=O)N1CCC=C(c2[nH]ncc2[N+](C)(C)C)C1. The Balaban J connectivity index is 2.30. The normalized spacial score (nSPS) is 16.7. The molecular weight excluding hydrogens is 228 g/mol. The number of H-pyrrole nitrogens is 1. The van der Waals surface area contributed by atoms with E-state index in [4.69, 9.17) is 0 Å². The maximum atomic E-state index is 11.5. The van der Waals surface area contributed by atoms with Gasteiger partial charge in [-0.1, -0.05) is 6.08 Å². The Bertz CT molecular complexity index is 481. The standard InChI is InChI=1S/C13H21N4O/c1-10(18)16-7-5-6-11(9-16)13-12(8-14-15-13)17(2,3)4/h6,8H,5,7,9H2,1-4H3,(H,14,15)/q+1. The molecule has 0 bridgehead atoms. The van der Waals surface area contributed by atoms with Gasteiger partial charge in [0, 0.05) is 20.0 Å². The van der Waals surface area contributed by atoms with Crippen LogP contribution in [0.3, 0.4) is 0 Å². The van der Waals surface area contributed by atoms with Gasteiger partial charge in [-0.3, -0.25) is 14.4 Å². The fraction of sp³-hybridized carbons (Fsp3) is 0.538. The minimum absolute atomic E-state index is 0.131. The van der Waals surface area contributed by atoms with Crippen LogP contribution in [0.5, 0.6) is 0 Å². The summed E-state index contributed by atoms with van der Waals surface area (Å²) in [4.78, 5) is 13.3. The molecule has 1 aromatic heterocycles. The van der Waals surface area contributed by atoms with Gasteiger partial charge in [-0.2, -0.15) is 5.10 Å². The van der Waals surface area contributed by atoms with Crippen LogP contribution in [-0.4, -0.2) is 55.2 Å². The quantitative estimate of drug-likeness (QED) is 0.802. The number of nitrogens with one attached hydrogen (secondary N) is 1. The van der Waals surface area contributed by atoms with Gasteiger partial charge < -0.3 is 4.90 Å². The van der Waals surface area contributed by atoms with E-state index in [0.29, 0.717) is 11.0 Å². The van der Waals surface area contributed by atoms with E-state index in [-0.39, 0.29) is 5.91 Å². The van der Waals surface area contributed by atoms with Gasteiger partial charge in [0.2, 0.25) is 5.91 Å². The van der Waals surface area contributed by atoms with Crippen molar-refractivity contribution in [1.29, 1.82) is 0 Å². The molecular formula is C13H21N4O+. The highest BCUT2D eigenvalue weighted by molar-refractivity contribution is 5.80. The van der Waals surface area contributed by atoms with E-state index in [9.17, 15) is 4.79 Å². The Hall–Kier alpha value is -1.62. The zero-order valence-electron chi connectivity index (χ0n) is 11.5. The molecule has 0 saturated carbocycles. The monoisotopic (exact) mass is 249 g/mol. The van der Waals surface area contributed by atoms with Crippen LogP contribution in [0.1, 0.15) is 19.0 Å².